The Morgan fingerprint density at radius 3 is 2.39 bits per heavy atom. The second-order valence-electron chi connectivity index (χ2n) is 4.21. The lowest BCUT2D eigenvalue weighted by atomic mass is 10.2. The minimum Gasteiger partial charge on any atom is -0.393 e. The molecule has 3 N–H and O–H groups in total. The average Bonchev–Trinajstić information content (AvgIpc) is 2.27. The van der Waals surface area contributed by atoms with Crippen LogP contribution in [0.1, 0.15) is 25.3 Å². The van der Waals surface area contributed by atoms with Crippen molar-refractivity contribution in [3.8, 4) is 0 Å². The van der Waals surface area contributed by atoms with E-state index in [1.54, 1.807) is 24.3 Å². The largest absolute Gasteiger partial charge is 0.393 e. The number of hydrogen-bond donors (Lipinski definition) is 2. The first-order chi connectivity index (χ1) is 8.35. The fraction of sp³-hybridized carbons (Fsp3) is 0.417. The highest BCUT2D eigenvalue weighted by Crippen LogP contribution is 2.12. The fourth-order valence-corrected chi connectivity index (χ4v) is 3.04. The molecule has 1 unspecified atom stereocenters. The summed E-state index contributed by atoms with van der Waals surface area (Å²) in [4.78, 5) is 0.572. The Bertz CT molecular complexity index is 509. The summed E-state index contributed by atoms with van der Waals surface area (Å²) in [5.41, 5.74) is 6.46. The van der Waals surface area contributed by atoms with Crippen molar-refractivity contribution in [3.63, 3.8) is 0 Å². The molecule has 18 heavy (non-hydrogen) atoms. The highest BCUT2D eigenvalue weighted by Gasteiger charge is 2.19. The van der Waals surface area contributed by atoms with Crippen LogP contribution in [-0.4, -0.2) is 19.4 Å². The predicted octanol–water partition coefficient (Wildman–Crippen LogP) is 1.73. The summed E-state index contributed by atoms with van der Waals surface area (Å²) < 4.78 is 26.8. The van der Waals surface area contributed by atoms with Crippen LogP contribution < -0.4 is 10.5 Å². The van der Waals surface area contributed by atoms with E-state index in [1.807, 2.05) is 13.8 Å². The van der Waals surface area contributed by atoms with E-state index in [0.717, 1.165) is 5.56 Å². The van der Waals surface area contributed by atoms with Crippen LogP contribution in [0.2, 0.25) is 0 Å². The van der Waals surface area contributed by atoms with E-state index < -0.39 is 10.0 Å². The maximum Gasteiger partial charge on any atom is 0.240 e. The van der Waals surface area contributed by atoms with Crippen LogP contribution in [0.15, 0.2) is 29.2 Å². The van der Waals surface area contributed by atoms with E-state index in [0.29, 0.717) is 17.8 Å². The van der Waals surface area contributed by atoms with E-state index in [9.17, 15) is 8.42 Å². The van der Waals surface area contributed by atoms with Crippen molar-refractivity contribution < 1.29 is 8.42 Å². The van der Waals surface area contributed by atoms with Crippen molar-refractivity contribution in [2.75, 3.05) is 0 Å². The van der Waals surface area contributed by atoms with Crippen LogP contribution in [0, 0.1) is 6.92 Å². The van der Waals surface area contributed by atoms with Gasteiger partial charge in [0.15, 0.2) is 0 Å². The average molecular weight is 286 g/mol. The molecule has 0 aliphatic carbocycles. The molecule has 0 amide bonds. The third-order valence-electron chi connectivity index (χ3n) is 2.59. The SMILES string of the molecule is CCC(CC(N)=S)NS(=O)(=O)c1ccc(C)cc1. The van der Waals surface area contributed by atoms with Crippen LogP contribution in [-0.2, 0) is 10.0 Å². The van der Waals surface area contributed by atoms with Gasteiger partial charge in [0, 0.05) is 12.5 Å². The van der Waals surface area contributed by atoms with Crippen LogP contribution in [0.25, 0.3) is 0 Å². The van der Waals surface area contributed by atoms with Gasteiger partial charge in [0.05, 0.1) is 9.88 Å². The van der Waals surface area contributed by atoms with Gasteiger partial charge in [-0.15, -0.1) is 0 Å². The third kappa shape index (κ3) is 4.36. The van der Waals surface area contributed by atoms with Crippen molar-refractivity contribution in [2.24, 2.45) is 5.73 Å². The maximum absolute atomic E-state index is 12.1. The molecular weight excluding hydrogens is 268 g/mol. The minimum atomic E-state index is -3.50. The first-order valence-electron chi connectivity index (χ1n) is 5.72. The molecule has 0 bridgehead atoms. The highest BCUT2D eigenvalue weighted by atomic mass is 32.2. The molecule has 6 heteroatoms. The molecule has 0 aromatic heterocycles. The molecule has 100 valence electrons. The summed E-state index contributed by atoms with van der Waals surface area (Å²) in [5, 5.41) is 0. The Hall–Kier alpha value is -0.980. The molecule has 4 nitrogen and oxygen atoms in total. The number of thiocarbonyl (C=S) groups is 1. The molecule has 0 saturated carbocycles. The lowest BCUT2D eigenvalue weighted by molar-refractivity contribution is 0.546. The number of aryl methyl sites for hydroxylation is 1. The fourth-order valence-electron chi connectivity index (χ4n) is 1.52. The van der Waals surface area contributed by atoms with E-state index in [-0.39, 0.29) is 10.9 Å². The number of nitrogens with two attached hydrogens (primary N) is 1. The van der Waals surface area contributed by atoms with E-state index in [2.05, 4.69) is 4.72 Å². The van der Waals surface area contributed by atoms with Crippen LogP contribution in [0.3, 0.4) is 0 Å². The van der Waals surface area contributed by atoms with Gasteiger partial charge >= 0.3 is 0 Å². The maximum atomic E-state index is 12.1. The van der Waals surface area contributed by atoms with E-state index >= 15 is 0 Å². The molecule has 0 heterocycles. The van der Waals surface area contributed by atoms with Gasteiger partial charge in [-0.05, 0) is 25.5 Å². The zero-order valence-corrected chi connectivity index (χ0v) is 12.1. The number of rotatable bonds is 6. The van der Waals surface area contributed by atoms with Crippen molar-refractivity contribution in [1.82, 2.24) is 4.72 Å². The second-order valence-corrected chi connectivity index (χ2v) is 6.45. The van der Waals surface area contributed by atoms with Crippen molar-refractivity contribution in [2.45, 2.75) is 37.6 Å². The summed E-state index contributed by atoms with van der Waals surface area (Å²) in [6, 6.07) is 6.46. The highest BCUT2D eigenvalue weighted by molar-refractivity contribution is 7.89. The zero-order chi connectivity index (χ0) is 13.8. The van der Waals surface area contributed by atoms with Gasteiger partial charge in [0.2, 0.25) is 10.0 Å². The Morgan fingerprint density at radius 1 is 1.39 bits per heavy atom. The standard InChI is InChI=1S/C12H18N2O2S2/c1-3-10(8-12(13)17)14-18(15,16)11-6-4-9(2)5-7-11/h4-7,10,14H,3,8H2,1-2H3,(H2,13,17). The lowest BCUT2D eigenvalue weighted by Gasteiger charge is -2.16. The molecule has 0 radical (unpaired) electrons. The summed E-state index contributed by atoms with van der Waals surface area (Å²) in [5.74, 6) is 0. The molecule has 1 rings (SSSR count). The Kier molecular flexibility index (Phi) is 5.25. The Morgan fingerprint density at radius 2 is 1.94 bits per heavy atom. The number of nitrogens with one attached hydrogen (secondary N) is 1. The van der Waals surface area contributed by atoms with Gasteiger partial charge in [-0.3, -0.25) is 0 Å². The number of sulfonamides is 1. The van der Waals surface area contributed by atoms with Crippen LogP contribution >= 0.6 is 12.2 Å². The molecule has 1 atom stereocenters. The molecule has 1 aromatic rings. The normalized spacial score (nSPS) is 13.2. The molecule has 1 aromatic carbocycles. The van der Waals surface area contributed by atoms with Crippen molar-refractivity contribution in [3.05, 3.63) is 29.8 Å². The quantitative estimate of drug-likeness (QED) is 0.781. The Balaban J connectivity index is 2.86. The van der Waals surface area contributed by atoms with Gasteiger partial charge in [-0.1, -0.05) is 36.8 Å². The monoisotopic (exact) mass is 286 g/mol. The topological polar surface area (TPSA) is 72.2 Å². The summed E-state index contributed by atoms with van der Waals surface area (Å²) in [6.45, 7) is 3.80. The minimum absolute atomic E-state index is 0.256. The smallest absolute Gasteiger partial charge is 0.240 e. The number of hydrogen-bond acceptors (Lipinski definition) is 3. The van der Waals surface area contributed by atoms with Gasteiger partial charge < -0.3 is 5.73 Å². The summed E-state index contributed by atoms with van der Waals surface area (Å²) in [6.07, 6.45) is 1.01. The molecule has 0 aliphatic rings. The summed E-state index contributed by atoms with van der Waals surface area (Å²) in [7, 11) is -3.50. The van der Waals surface area contributed by atoms with Gasteiger partial charge in [0.25, 0.3) is 0 Å². The van der Waals surface area contributed by atoms with Gasteiger partial charge in [0.1, 0.15) is 0 Å². The first-order valence-corrected chi connectivity index (χ1v) is 7.61. The lowest BCUT2D eigenvalue weighted by Crippen LogP contribution is -2.37. The van der Waals surface area contributed by atoms with Crippen molar-refractivity contribution >= 4 is 27.2 Å². The molecule has 0 fully saturated rings. The van der Waals surface area contributed by atoms with E-state index in [4.69, 9.17) is 18.0 Å². The van der Waals surface area contributed by atoms with Crippen LogP contribution in [0.5, 0.6) is 0 Å². The van der Waals surface area contributed by atoms with Crippen LogP contribution in [0.4, 0.5) is 0 Å². The third-order valence-corrected chi connectivity index (χ3v) is 4.30. The second kappa shape index (κ2) is 6.26. The first kappa shape index (κ1) is 15.1. The van der Waals surface area contributed by atoms with Gasteiger partial charge in [-0.25, -0.2) is 13.1 Å². The molecule has 0 saturated heterocycles. The Labute approximate surface area is 114 Å². The molecule has 0 spiro atoms. The predicted molar refractivity (Wildman–Crippen MR) is 77.0 cm³/mol. The van der Waals surface area contributed by atoms with Gasteiger partial charge in [-0.2, -0.15) is 0 Å². The molecular formula is C12H18N2O2S2. The zero-order valence-electron chi connectivity index (χ0n) is 10.5. The van der Waals surface area contributed by atoms with E-state index in [1.165, 1.54) is 0 Å². The summed E-state index contributed by atoms with van der Waals surface area (Å²) >= 11 is 4.80. The number of benzene rings is 1. The molecule has 0 aliphatic heterocycles. The van der Waals surface area contributed by atoms with Crippen molar-refractivity contribution in [1.29, 1.82) is 0 Å².